The molecule has 24 heavy (non-hydrogen) atoms. The monoisotopic (exact) mass is 335 g/mol. The van der Waals surface area contributed by atoms with E-state index in [9.17, 15) is 5.11 Å². The molecule has 5 heteroatoms. The zero-order valence-corrected chi connectivity index (χ0v) is 14.5. The van der Waals surface area contributed by atoms with Crippen molar-refractivity contribution in [3.63, 3.8) is 0 Å². The van der Waals surface area contributed by atoms with E-state index in [0.29, 0.717) is 19.1 Å². The van der Waals surface area contributed by atoms with Gasteiger partial charge in [-0.1, -0.05) is 19.4 Å². The summed E-state index contributed by atoms with van der Waals surface area (Å²) in [6.07, 6.45) is 4.85. The van der Waals surface area contributed by atoms with Gasteiger partial charge in [-0.25, -0.2) is 0 Å². The van der Waals surface area contributed by atoms with Gasteiger partial charge in [-0.2, -0.15) is 0 Å². The van der Waals surface area contributed by atoms with Crippen molar-refractivity contribution < 1.29 is 19.3 Å². The van der Waals surface area contributed by atoms with Crippen LogP contribution in [0.1, 0.15) is 50.5 Å². The van der Waals surface area contributed by atoms with Gasteiger partial charge in [0, 0.05) is 12.1 Å². The molecule has 1 aliphatic heterocycles. The Morgan fingerprint density at radius 3 is 3.00 bits per heavy atom. The molecule has 3 rings (SSSR count). The molecule has 134 valence electrons. The van der Waals surface area contributed by atoms with Crippen molar-refractivity contribution in [2.75, 3.05) is 26.4 Å². The lowest BCUT2D eigenvalue weighted by Crippen LogP contribution is -2.40. The number of ether oxygens (including phenoxy) is 3. The van der Waals surface area contributed by atoms with Crippen molar-refractivity contribution in [3.8, 4) is 11.5 Å². The summed E-state index contributed by atoms with van der Waals surface area (Å²) in [4.78, 5) is 0. The number of rotatable bonds is 7. The lowest BCUT2D eigenvalue weighted by atomic mass is 9.93. The quantitative estimate of drug-likeness (QED) is 0.749. The molecular formula is C19H29NO4. The molecule has 0 spiro atoms. The van der Waals surface area contributed by atoms with Crippen LogP contribution in [-0.2, 0) is 4.74 Å². The van der Waals surface area contributed by atoms with Crippen LogP contribution < -0.4 is 15.2 Å². The average Bonchev–Trinajstić information content (AvgIpc) is 3.01. The number of aliphatic hydroxyl groups excluding tert-OH is 1. The van der Waals surface area contributed by atoms with Gasteiger partial charge in [-0.05, 0) is 49.3 Å². The average molecular weight is 335 g/mol. The number of hydrogen-bond acceptors (Lipinski definition) is 5. The van der Waals surface area contributed by atoms with Gasteiger partial charge in [0.2, 0.25) is 0 Å². The molecule has 3 atom stereocenters. The highest BCUT2D eigenvalue weighted by Gasteiger charge is 2.36. The molecular weight excluding hydrogens is 306 g/mol. The van der Waals surface area contributed by atoms with Gasteiger partial charge in [0.05, 0.1) is 13.2 Å². The zero-order chi connectivity index (χ0) is 17.0. The topological polar surface area (TPSA) is 73.9 Å². The molecule has 1 heterocycles. The smallest absolute Gasteiger partial charge is 0.161 e. The van der Waals surface area contributed by atoms with E-state index in [4.69, 9.17) is 19.9 Å². The van der Waals surface area contributed by atoms with Crippen molar-refractivity contribution in [1.82, 2.24) is 0 Å². The third kappa shape index (κ3) is 4.02. The molecule has 5 nitrogen and oxygen atoms in total. The van der Waals surface area contributed by atoms with E-state index in [-0.39, 0.29) is 12.7 Å². The second-order valence-corrected chi connectivity index (χ2v) is 7.15. The molecule has 1 aromatic rings. The minimum Gasteiger partial charge on any atom is -0.486 e. The number of aliphatic hydroxyl groups is 1. The van der Waals surface area contributed by atoms with E-state index >= 15 is 0 Å². The van der Waals surface area contributed by atoms with Gasteiger partial charge in [-0.3, -0.25) is 0 Å². The third-order valence-electron chi connectivity index (χ3n) is 5.06. The largest absolute Gasteiger partial charge is 0.486 e. The number of hydrogen-bond donors (Lipinski definition) is 2. The van der Waals surface area contributed by atoms with Crippen LogP contribution in [0.25, 0.3) is 0 Å². The fraction of sp³-hybridized carbons (Fsp3) is 0.684. The molecule has 1 fully saturated rings. The van der Waals surface area contributed by atoms with Gasteiger partial charge in [0.25, 0.3) is 0 Å². The zero-order valence-electron chi connectivity index (χ0n) is 14.5. The minimum absolute atomic E-state index is 0.0437. The first kappa shape index (κ1) is 17.5. The Hall–Kier alpha value is -1.30. The molecule has 1 aliphatic carbocycles. The van der Waals surface area contributed by atoms with Crippen molar-refractivity contribution in [1.29, 1.82) is 0 Å². The van der Waals surface area contributed by atoms with Crippen LogP contribution in [0.4, 0.5) is 0 Å². The van der Waals surface area contributed by atoms with Crippen molar-refractivity contribution in [2.45, 2.75) is 56.6 Å². The van der Waals surface area contributed by atoms with Crippen molar-refractivity contribution in [3.05, 3.63) is 23.8 Å². The first-order valence-electron chi connectivity index (χ1n) is 9.04. The fourth-order valence-corrected chi connectivity index (χ4v) is 3.51. The predicted molar refractivity (Wildman–Crippen MR) is 92.7 cm³/mol. The van der Waals surface area contributed by atoms with Crippen LogP contribution in [0.3, 0.4) is 0 Å². The van der Waals surface area contributed by atoms with Crippen molar-refractivity contribution in [2.24, 2.45) is 5.73 Å². The summed E-state index contributed by atoms with van der Waals surface area (Å²) in [7, 11) is 0. The van der Waals surface area contributed by atoms with Crippen LogP contribution in [0, 0.1) is 0 Å². The maximum Gasteiger partial charge on any atom is 0.161 e. The van der Waals surface area contributed by atoms with Gasteiger partial charge in [0.15, 0.2) is 17.6 Å². The maximum atomic E-state index is 9.43. The number of fused-ring (bicyclic) bond motifs is 1. The van der Waals surface area contributed by atoms with Crippen LogP contribution in [0.5, 0.6) is 11.5 Å². The Balaban J connectivity index is 1.58. The van der Waals surface area contributed by atoms with E-state index in [1.807, 2.05) is 6.07 Å². The highest BCUT2D eigenvalue weighted by Crippen LogP contribution is 2.42. The van der Waals surface area contributed by atoms with E-state index in [1.54, 1.807) is 0 Å². The molecule has 2 aliphatic rings. The fourth-order valence-electron chi connectivity index (χ4n) is 3.51. The molecule has 0 radical (unpaired) electrons. The van der Waals surface area contributed by atoms with Crippen LogP contribution in [-0.4, -0.2) is 43.2 Å². The summed E-state index contributed by atoms with van der Waals surface area (Å²) in [5.74, 6) is 1.97. The Labute approximate surface area is 144 Å². The third-order valence-corrected chi connectivity index (χ3v) is 5.06. The SMILES string of the molecule is CCCCOC[C@@H]1COc2cc(C3CCC(N)(CO)C3)ccc2O1. The normalized spacial score (nSPS) is 29.0. The lowest BCUT2D eigenvalue weighted by molar-refractivity contribution is 0.00803. The van der Waals surface area contributed by atoms with Crippen LogP contribution in [0.15, 0.2) is 18.2 Å². The summed E-state index contributed by atoms with van der Waals surface area (Å²) in [6.45, 7) is 4.06. The van der Waals surface area contributed by atoms with E-state index in [2.05, 4.69) is 19.1 Å². The molecule has 0 amide bonds. The van der Waals surface area contributed by atoms with Gasteiger partial charge < -0.3 is 25.1 Å². The summed E-state index contributed by atoms with van der Waals surface area (Å²) >= 11 is 0. The summed E-state index contributed by atoms with van der Waals surface area (Å²) < 4.78 is 17.5. The number of unbranched alkanes of at least 4 members (excludes halogenated alkanes) is 1. The Kier molecular flexibility index (Phi) is 5.64. The Bertz CT molecular complexity index is 550. The van der Waals surface area contributed by atoms with E-state index < -0.39 is 5.54 Å². The predicted octanol–water partition coefficient (Wildman–Crippen LogP) is 2.60. The minimum atomic E-state index is -0.432. The van der Waals surface area contributed by atoms with Crippen molar-refractivity contribution >= 4 is 0 Å². The molecule has 3 N–H and O–H groups in total. The molecule has 1 saturated carbocycles. The van der Waals surface area contributed by atoms with Crippen LogP contribution >= 0.6 is 0 Å². The second kappa shape index (κ2) is 7.72. The summed E-state index contributed by atoms with van der Waals surface area (Å²) in [6, 6.07) is 6.14. The maximum absolute atomic E-state index is 9.43. The highest BCUT2D eigenvalue weighted by atomic mass is 16.6. The van der Waals surface area contributed by atoms with E-state index in [1.165, 1.54) is 5.56 Å². The van der Waals surface area contributed by atoms with Gasteiger partial charge in [-0.15, -0.1) is 0 Å². The second-order valence-electron chi connectivity index (χ2n) is 7.15. The molecule has 0 saturated heterocycles. The van der Waals surface area contributed by atoms with E-state index in [0.717, 1.165) is 50.2 Å². The molecule has 1 aromatic carbocycles. The standard InChI is InChI=1S/C19H29NO4/c1-2-3-8-22-11-16-12-23-18-9-14(4-5-17(18)24-16)15-6-7-19(20,10-15)13-21/h4-5,9,15-16,21H,2-3,6-8,10-13,20H2,1H3/t15?,16-,19?/m1/s1. The summed E-state index contributed by atoms with van der Waals surface area (Å²) in [5.41, 5.74) is 6.98. The van der Waals surface area contributed by atoms with Gasteiger partial charge >= 0.3 is 0 Å². The Morgan fingerprint density at radius 1 is 1.38 bits per heavy atom. The molecule has 2 unspecified atom stereocenters. The first-order chi connectivity index (χ1) is 11.6. The van der Waals surface area contributed by atoms with Gasteiger partial charge in [0.1, 0.15) is 6.61 Å². The first-order valence-corrected chi connectivity index (χ1v) is 9.04. The molecule has 0 aromatic heterocycles. The lowest BCUT2D eigenvalue weighted by Gasteiger charge is -2.27. The number of benzene rings is 1. The highest BCUT2D eigenvalue weighted by molar-refractivity contribution is 5.45. The summed E-state index contributed by atoms with van der Waals surface area (Å²) in [5, 5.41) is 9.43. The number of nitrogens with two attached hydrogens (primary N) is 1. The Morgan fingerprint density at radius 2 is 2.25 bits per heavy atom. The molecule has 0 bridgehead atoms. The van der Waals surface area contributed by atoms with Crippen LogP contribution in [0.2, 0.25) is 0 Å².